The molecule has 1 aliphatic heterocycles. The maximum Gasteiger partial charge on any atom is 0.295 e. The molecule has 2 aromatic rings. The standard InChI is InChI=1S/C24H29NO6/c1-14(2)17-13-16(8-10-18(17)30-5)22(26)20-21(19-9-7-15(3)31-19)25(11-6-12-29-4)24(28)23(20)27/h7-10,13-14,21,26H,6,11-12H2,1-5H3/b22-20-. The van der Waals surface area contributed by atoms with Crippen LogP contribution >= 0.6 is 0 Å². The Morgan fingerprint density at radius 3 is 2.52 bits per heavy atom. The van der Waals surface area contributed by atoms with Gasteiger partial charge in [-0.3, -0.25) is 9.59 Å². The molecule has 7 nitrogen and oxygen atoms in total. The number of carbonyl (C=O) groups is 2. The van der Waals surface area contributed by atoms with Crippen LogP contribution in [0.15, 0.2) is 40.3 Å². The zero-order valence-corrected chi connectivity index (χ0v) is 18.6. The first-order valence-corrected chi connectivity index (χ1v) is 10.3. The number of methoxy groups -OCH3 is 2. The van der Waals surface area contributed by atoms with E-state index in [1.54, 1.807) is 51.5 Å². The fourth-order valence-electron chi connectivity index (χ4n) is 3.87. The summed E-state index contributed by atoms with van der Waals surface area (Å²) in [6, 6.07) is 7.94. The monoisotopic (exact) mass is 427 g/mol. The number of amides is 1. The molecule has 1 aromatic heterocycles. The number of benzene rings is 1. The number of likely N-dealkylation sites (tertiary alicyclic amines) is 1. The van der Waals surface area contributed by atoms with Crippen molar-refractivity contribution < 1.29 is 28.6 Å². The highest BCUT2D eigenvalue weighted by Gasteiger charge is 2.47. The maximum atomic E-state index is 13.0. The van der Waals surface area contributed by atoms with Crippen molar-refractivity contribution in [2.24, 2.45) is 0 Å². The molecule has 7 heteroatoms. The number of furan rings is 1. The summed E-state index contributed by atoms with van der Waals surface area (Å²) in [4.78, 5) is 27.3. The maximum absolute atomic E-state index is 13.0. The van der Waals surface area contributed by atoms with Crippen molar-refractivity contribution in [3.63, 3.8) is 0 Å². The third-order valence-corrected chi connectivity index (χ3v) is 5.44. The van der Waals surface area contributed by atoms with Crippen molar-refractivity contribution in [3.8, 4) is 5.75 Å². The molecule has 31 heavy (non-hydrogen) atoms. The molecule has 1 fully saturated rings. The molecular weight excluding hydrogens is 398 g/mol. The number of hydrogen-bond donors (Lipinski definition) is 1. The van der Waals surface area contributed by atoms with Gasteiger partial charge in [0, 0.05) is 25.8 Å². The van der Waals surface area contributed by atoms with Gasteiger partial charge in [-0.05, 0) is 55.2 Å². The molecule has 1 aliphatic rings. The molecule has 1 atom stereocenters. The van der Waals surface area contributed by atoms with Crippen molar-refractivity contribution in [1.82, 2.24) is 4.90 Å². The molecular formula is C24H29NO6. The van der Waals surface area contributed by atoms with Crippen LogP contribution in [0.2, 0.25) is 0 Å². The van der Waals surface area contributed by atoms with E-state index in [1.165, 1.54) is 4.90 Å². The molecule has 1 N–H and O–H groups in total. The fraction of sp³-hybridized carbons (Fsp3) is 0.417. The highest BCUT2D eigenvalue weighted by molar-refractivity contribution is 6.46. The van der Waals surface area contributed by atoms with Crippen molar-refractivity contribution in [2.75, 3.05) is 27.4 Å². The van der Waals surface area contributed by atoms with Gasteiger partial charge in [0.05, 0.1) is 12.7 Å². The van der Waals surface area contributed by atoms with E-state index in [2.05, 4.69) is 0 Å². The minimum atomic E-state index is -0.796. The summed E-state index contributed by atoms with van der Waals surface area (Å²) in [6.45, 7) is 6.58. The summed E-state index contributed by atoms with van der Waals surface area (Å²) < 4.78 is 16.3. The van der Waals surface area contributed by atoms with Gasteiger partial charge in [-0.1, -0.05) is 13.8 Å². The normalized spacial score (nSPS) is 18.3. The van der Waals surface area contributed by atoms with Crippen LogP contribution in [0.3, 0.4) is 0 Å². The van der Waals surface area contributed by atoms with Gasteiger partial charge in [0.25, 0.3) is 11.7 Å². The van der Waals surface area contributed by atoms with Crippen LogP contribution in [0.4, 0.5) is 0 Å². The van der Waals surface area contributed by atoms with E-state index in [0.29, 0.717) is 42.4 Å². The molecule has 0 bridgehead atoms. The van der Waals surface area contributed by atoms with E-state index < -0.39 is 17.7 Å². The fourth-order valence-corrected chi connectivity index (χ4v) is 3.87. The third kappa shape index (κ3) is 4.37. The number of Topliss-reactive ketones (excluding diaryl/α,β-unsaturated/α-hetero) is 1. The molecule has 0 aliphatic carbocycles. The molecule has 1 unspecified atom stereocenters. The van der Waals surface area contributed by atoms with Crippen LogP contribution in [-0.4, -0.2) is 49.1 Å². The van der Waals surface area contributed by atoms with Gasteiger partial charge in [-0.2, -0.15) is 0 Å². The zero-order valence-electron chi connectivity index (χ0n) is 18.6. The Balaban J connectivity index is 2.13. The summed E-state index contributed by atoms with van der Waals surface area (Å²) in [5.41, 5.74) is 1.37. The van der Waals surface area contributed by atoms with Gasteiger partial charge in [0.2, 0.25) is 0 Å². The van der Waals surface area contributed by atoms with Gasteiger partial charge < -0.3 is 23.9 Å². The van der Waals surface area contributed by atoms with Crippen molar-refractivity contribution in [2.45, 2.75) is 39.2 Å². The molecule has 2 heterocycles. The van der Waals surface area contributed by atoms with Crippen molar-refractivity contribution in [3.05, 3.63) is 58.6 Å². The highest BCUT2D eigenvalue weighted by Crippen LogP contribution is 2.41. The van der Waals surface area contributed by atoms with Gasteiger partial charge in [-0.25, -0.2) is 0 Å². The van der Waals surface area contributed by atoms with E-state index in [0.717, 1.165) is 5.56 Å². The Kier molecular flexibility index (Phi) is 6.85. The van der Waals surface area contributed by atoms with E-state index in [-0.39, 0.29) is 17.3 Å². The summed E-state index contributed by atoms with van der Waals surface area (Å²) in [5.74, 6) is 0.325. The molecule has 166 valence electrons. The van der Waals surface area contributed by atoms with Crippen LogP contribution in [-0.2, 0) is 14.3 Å². The van der Waals surface area contributed by atoms with Crippen molar-refractivity contribution in [1.29, 1.82) is 0 Å². The molecule has 0 radical (unpaired) electrons. The lowest BCUT2D eigenvalue weighted by atomic mass is 9.95. The van der Waals surface area contributed by atoms with Gasteiger partial charge in [0.1, 0.15) is 29.1 Å². The third-order valence-electron chi connectivity index (χ3n) is 5.44. The molecule has 1 amide bonds. The minimum Gasteiger partial charge on any atom is -0.507 e. The molecule has 1 saturated heterocycles. The van der Waals surface area contributed by atoms with E-state index in [1.807, 2.05) is 13.8 Å². The Morgan fingerprint density at radius 2 is 1.94 bits per heavy atom. The number of aryl methyl sites for hydroxylation is 1. The van der Waals surface area contributed by atoms with Crippen LogP contribution in [0, 0.1) is 6.92 Å². The van der Waals surface area contributed by atoms with E-state index in [9.17, 15) is 14.7 Å². The van der Waals surface area contributed by atoms with E-state index in [4.69, 9.17) is 13.9 Å². The first-order valence-electron chi connectivity index (χ1n) is 10.3. The average Bonchev–Trinajstić information content (AvgIpc) is 3.29. The predicted molar refractivity (Wildman–Crippen MR) is 116 cm³/mol. The summed E-state index contributed by atoms with van der Waals surface area (Å²) >= 11 is 0. The topological polar surface area (TPSA) is 89.2 Å². The lowest BCUT2D eigenvalue weighted by molar-refractivity contribution is -0.140. The number of nitrogens with zero attached hydrogens (tertiary/aromatic N) is 1. The number of hydrogen-bond acceptors (Lipinski definition) is 6. The second-order valence-electron chi connectivity index (χ2n) is 7.90. The van der Waals surface area contributed by atoms with Crippen molar-refractivity contribution >= 4 is 17.4 Å². The first kappa shape index (κ1) is 22.6. The quantitative estimate of drug-likeness (QED) is 0.294. The average molecular weight is 427 g/mol. The van der Waals surface area contributed by atoms with Gasteiger partial charge in [-0.15, -0.1) is 0 Å². The number of ether oxygens (including phenoxy) is 2. The van der Waals surface area contributed by atoms with Crippen LogP contribution in [0.25, 0.3) is 5.76 Å². The number of rotatable bonds is 8. The Hall–Kier alpha value is -3.06. The summed E-state index contributed by atoms with van der Waals surface area (Å²) in [6.07, 6.45) is 0.555. The number of aliphatic hydroxyl groups is 1. The smallest absolute Gasteiger partial charge is 0.295 e. The van der Waals surface area contributed by atoms with Crippen LogP contribution < -0.4 is 4.74 Å². The second kappa shape index (κ2) is 9.39. The first-order chi connectivity index (χ1) is 14.8. The SMILES string of the molecule is COCCCN1C(=O)C(=O)/C(=C(\O)c2ccc(OC)c(C(C)C)c2)C1c1ccc(C)o1. The van der Waals surface area contributed by atoms with Crippen LogP contribution in [0.1, 0.15) is 54.9 Å². The van der Waals surface area contributed by atoms with Gasteiger partial charge in [0.15, 0.2) is 0 Å². The summed E-state index contributed by atoms with van der Waals surface area (Å²) in [5, 5.41) is 11.2. The largest absolute Gasteiger partial charge is 0.507 e. The van der Waals surface area contributed by atoms with Crippen LogP contribution in [0.5, 0.6) is 5.75 Å². The summed E-state index contributed by atoms with van der Waals surface area (Å²) in [7, 11) is 3.17. The number of carbonyl (C=O) groups excluding carboxylic acids is 2. The molecule has 0 saturated carbocycles. The molecule has 3 rings (SSSR count). The van der Waals surface area contributed by atoms with Gasteiger partial charge >= 0.3 is 0 Å². The second-order valence-corrected chi connectivity index (χ2v) is 7.90. The zero-order chi connectivity index (χ0) is 22.7. The Bertz CT molecular complexity index is 1000. The Morgan fingerprint density at radius 1 is 1.19 bits per heavy atom. The lowest BCUT2D eigenvalue weighted by Crippen LogP contribution is -2.31. The molecule has 1 aromatic carbocycles. The number of ketones is 1. The predicted octanol–water partition coefficient (Wildman–Crippen LogP) is 4.18. The lowest BCUT2D eigenvalue weighted by Gasteiger charge is -2.23. The highest BCUT2D eigenvalue weighted by atomic mass is 16.5. The number of aliphatic hydroxyl groups excluding tert-OH is 1. The molecule has 0 spiro atoms. The Labute approximate surface area is 182 Å². The van der Waals surface area contributed by atoms with E-state index >= 15 is 0 Å². The minimum absolute atomic E-state index is 0.0247.